The number of nitrogens with two attached hydrogens (primary N) is 1. The Morgan fingerprint density at radius 2 is 1.92 bits per heavy atom. The van der Waals surface area contributed by atoms with Gasteiger partial charge in [0.15, 0.2) is 0 Å². The molecule has 0 spiro atoms. The molecule has 26 heavy (non-hydrogen) atoms. The molecule has 1 unspecified atom stereocenters. The van der Waals surface area contributed by atoms with Crippen molar-refractivity contribution in [3.63, 3.8) is 0 Å². The fraction of sp³-hybridized carbons (Fsp3) is 0.250. The topological polar surface area (TPSA) is 85.3 Å². The number of carbonyl (C=O) groups is 1. The van der Waals surface area contributed by atoms with Crippen LogP contribution in [0.2, 0.25) is 0 Å². The number of benzene rings is 2. The summed E-state index contributed by atoms with van der Waals surface area (Å²) in [6.07, 6.45) is 0.602. The highest BCUT2D eigenvalue weighted by molar-refractivity contribution is 5.80. The lowest BCUT2D eigenvalue weighted by molar-refractivity contribution is -0.124. The van der Waals surface area contributed by atoms with Crippen molar-refractivity contribution in [3.05, 3.63) is 71.1 Å². The van der Waals surface area contributed by atoms with E-state index in [9.17, 15) is 4.79 Å². The minimum absolute atomic E-state index is 0.335. The maximum absolute atomic E-state index is 11.9. The quantitative estimate of drug-likeness (QED) is 0.783. The number of rotatable bonds is 4. The Bertz CT molecular complexity index is 933. The van der Waals surface area contributed by atoms with Crippen molar-refractivity contribution in [2.24, 2.45) is 5.73 Å². The fourth-order valence-electron chi connectivity index (χ4n) is 3.34. The van der Waals surface area contributed by atoms with Gasteiger partial charge in [-0.1, -0.05) is 59.3 Å². The molecule has 1 amide bonds. The van der Waals surface area contributed by atoms with Crippen LogP contribution in [0, 0.1) is 6.92 Å². The SMILES string of the molecule is Cc1ccc(-c2noc(CN3Cc4ccccc4CC3C(N)=O)n2)cc1. The van der Waals surface area contributed by atoms with Gasteiger partial charge in [-0.2, -0.15) is 4.98 Å². The average molecular weight is 348 g/mol. The van der Waals surface area contributed by atoms with Crippen molar-refractivity contribution in [2.45, 2.75) is 32.5 Å². The van der Waals surface area contributed by atoms with E-state index in [1.807, 2.05) is 54.3 Å². The molecule has 2 aromatic carbocycles. The van der Waals surface area contributed by atoms with Crippen LogP contribution in [0.25, 0.3) is 11.4 Å². The number of aromatic nitrogens is 2. The standard InChI is InChI=1S/C20H20N4O2/c1-13-6-8-14(9-7-13)20-22-18(26-23-20)12-24-11-16-5-3-2-4-15(16)10-17(24)19(21)25/h2-9,17H,10-12H2,1H3,(H2,21,25). The van der Waals surface area contributed by atoms with Gasteiger partial charge < -0.3 is 10.3 Å². The van der Waals surface area contributed by atoms with Gasteiger partial charge in [0.05, 0.1) is 12.6 Å². The molecular weight excluding hydrogens is 328 g/mol. The second-order valence-corrected chi connectivity index (χ2v) is 6.67. The maximum atomic E-state index is 11.9. The Morgan fingerprint density at radius 3 is 2.65 bits per heavy atom. The van der Waals surface area contributed by atoms with Crippen LogP contribution in [0.5, 0.6) is 0 Å². The molecule has 3 aromatic rings. The Labute approximate surface area is 151 Å². The summed E-state index contributed by atoms with van der Waals surface area (Å²) in [6, 6.07) is 15.7. The van der Waals surface area contributed by atoms with Crippen molar-refractivity contribution in [3.8, 4) is 11.4 Å². The van der Waals surface area contributed by atoms with Crippen LogP contribution in [0.1, 0.15) is 22.6 Å². The highest BCUT2D eigenvalue weighted by Crippen LogP contribution is 2.25. The Hall–Kier alpha value is -2.99. The van der Waals surface area contributed by atoms with E-state index in [2.05, 4.69) is 16.2 Å². The second kappa shape index (κ2) is 6.72. The van der Waals surface area contributed by atoms with E-state index in [4.69, 9.17) is 10.3 Å². The summed E-state index contributed by atoms with van der Waals surface area (Å²) in [5.74, 6) is 0.692. The third-order valence-electron chi connectivity index (χ3n) is 4.79. The van der Waals surface area contributed by atoms with Crippen LogP contribution in [0.15, 0.2) is 53.1 Å². The monoisotopic (exact) mass is 348 g/mol. The third-order valence-corrected chi connectivity index (χ3v) is 4.79. The molecule has 2 N–H and O–H groups in total. The fourth-order valence-corrected chi connectivity index (χ4v) is 3.34. The van der Waals surface area contributed by atoms with Gasteiger partial charge in [0.2, 0.25) is 17.6 Å². The zero-order valence-electron chi connectivity index (χ0n) is 14.6. The molecule has 132 valence electrons. The van der Waals surface area contributed by atoms with Crippen LogP contribution >= 0.6 is 0 Å². The summed E-state index contributed by atoms with van der Waals surface area (Å²) in [5.41, 5.74) is 10.1. The first-order valence-electron chi connectivity index (χ1n) is 8.60. The van der Waals surface area contributed by atoms with E-state index in [-0.39, 0.29) is 11.9 Å². The summed E-state index contributed by atoms with van der Waals surface area (Å²) in [5, 5.41) is 4.07. The van der Waals surface area contributed by atoms with Crippen LogP contribution in [-0.4, -0.2) is 27.0 Å². The molecule has 2 heterocycles. The molecule has 0 radical (unpaired) electrons. The Balaban J connectivity index is 1.56. The largest absolute Gasteiger partial charge is 0.368 e. The van der Waals surface area contributed by atoms with Crippen LogP contribution in [0.3, 0.4) is 0 Å². The van der Waals surface area contributed by atoms with E-state index < -0.39 is 0 Å². The first-order chi connectivity index (χ1) is 12.6. The zero-order valence-corrected chi connectivity index (χ0v) is 14.6. The number of fused-ring (bicyclic) bond motifs is 1. The number of carbonyl (C=O) groups excluding carboxylic acids is 1. The molecule has 0 saturated heterocycles. The van der Waals surface area contributed by atoms with Crippen LogP contribution in [0.4, 0.5) is 0 Å². The smallest absolute Gasteiger partial charge is 0.241 e. The number of nitrogens with zero attached hydrogens (tertiary/aromatic N) is 3. The molecule has 6 heteroatoms. The molecule has 1 aliphatic rings. The van der Waals surface area contributed by atoms with Crippen molar-refractivity contribution < 1.29 is 9.32 Å². The summed E-state index contributed by atoms with van der Waals surface area (Å²) in [4.78, 5) is 18.4. The first-order valence-corrected chi connectivity index (χ1v) is 8.60. The number of amides is 1. The lowest BCUT2D eigenvalue weighted by Gasteiger charge is -2.33. The predicted molar refractivity (Wildman–Crippen MR) is 96.8 cm³/mol. The van der Waals surface area contributed by atoms with Gasteiger partial charge in [-0.05, 0) is 24.5 Å². The minimum atomic E-state index is -0.375. The number of primary amides is 1. The van der Waals surface area contributed by atoms with Gasteiger partial charge in [0.25, 0.3) is 0 Å². The lowest BCUT2D eigenvalue weighted by atomic mass is 9.93. The number of aryl methyl sites for hydroxylation is 1. The third kappa shape index (κ3) is 3.23. The summed E-state index contributed by atoms with van der Waals surface area (Å²) >= 11 is 0. The second-order valence-electron chi connectivity index (χ2n) is 6.67. The van der Waals surface area contributed by atoms with E-state index in [1.54, 1.807) is 0 Å². The Morgan fingerprint density at radius 1 is 1.19 bits per heavy atom. The minimum Gasteiger partial charge on any atom is -0.368 e. The molecule has 1 aromatic heterocycles. The van der Waals surface area contributed by atoms with E-state index >= 15 is 0 Å². The Kier molecular flexibility index (Phi) is 4.26. The maximum Gasteiger partial charge on any atom is 0.241 e. The molecule has 0 aliphatic carbocycles. The van der Waals surface area contributed by atoms with Gasteiger partial charge >= 0.3 is 0 Å². The molecule has 4 rings (SSSR count). The first kappa shape index (κ1) is 16.5. The van der Waals surface area contributed by atoms with Crippen molar-refractivity contribution in [2.75, 3.05) is 0 Å². The van der Waals surface area contributed by atoms with E-state index in [1.165, 1.54) is 16.7 Å². The van der Waals surface area contributed by atoms with Crippen molar-refractivity contribution in [1.29, 1.82) is 0 Å². The molecule has 6 nitrogen and oxygen atoms in total. The van der Waals surface area contributed by atoms with Gasteiger partial charge in [-0.15, -0.1) is 0 Å². The summed E-state index contributed by atoms with van der Waals surface area (Å²) in [6.45, 7) is 3.05. The van der Waals surface area contributed by atoms with Gasteiger partial charge in [-0.3, -0.25) is 9.69 Å². The van der Waals surface area contributed by atoms with E-state index in [0.717, 1.165) is 5.56 Å². The van der Waals surface area contributed by atoms with Gasteiger partial charge in [0.1, 0.15) is 0 Å². The molecule has 0 fully saturated rings. The number of hydrogen-bond donors (Lipinski definition) is 1. The normalized spacial score (nSPS) is 17.0. The van der Waals surface area contributed by atoms with Crippen LogP contribution in [-0.2, 0) is 24.3 Å². The van der Waals surface area contributed by atoms with Crippen molar-refractivity contribution in [1.82, 2.24) is 15.0 Å². The molecule has 0 saturated carbocycles. The van der Waals surface area contributed by atoms with Crippen LogP contribution < -0.4 is 5.73 Å². The van der Waals surface area contributed by atoms with E-state index in [0.29, 0.717) is 31.2 Å². The average Bonchev–Trinajstić information content (AvgIpc) is 3.10. The predicted octanol–water partition coefficient (Wildman–Crippen LogP) is 2.46. The zero-order chi connectivity index (χ0) is 18.1. The highest BCUT2D eigenvalue weighted by Gasteiger charge is 2.31. The summed E-state index contributed by atoms with van der Waals surface area (Å²) in [7, 11) is 0. The molecular formula is C20H20N4O2. The molecule has 1 aliphatic heterocycles. The lowest BCUT2D eigenvalue weighted by Crippen LogP contribution is -2.48. The molecule has 1 atom stereocenters. The number of hydrogen-bond acceptors (Lipinski definition) is 5. The van der Waals surface area contributed by atoms with Gasteiger partial charge in [-0.25, -0.2) is 0 Å². The molecule has 0 bridgehead atoms. The van der Waals surface area contributed by atoms with Gasteiger partial charge in [0, 0.05) is 12.1 Å². The highest BCUT2D eigenvalue weighted by atomic mass is 16.5. The summed E-state index contributed by atoms with van der Waals surface area (Å²) < 4.78 is 5.41. The van der Waals surface area contributed by atoms with Crippen molar-refractivity contribution >= 4 is 5.91 Å².